The van der Waals surface area contributed by atoms with Gasteiger partial charge in [0.15, 0.2) is 0 Å². The molecule has 1 aromatic heterocycles. The lowest BCUT2D eigenvalue weighted by molar-refractivity contribution is 0.414. The molecule has 0 saturated heterocycles. The lowest BCUT2D eigenvalue weighted by Crippen LogP contribution is -2.04. The van der Waals surface area contributed by atoms with E-state index in [2.05, 4.69) is 22.1 Å². The van der Waals surface area contributed by atoms with Gasteiger partial charge in [0, 0.05) is 6.54 Å². The highest BCUT2D eigenvalue weighted by atomic mass is 32.2. The molecule has 0 radical (unpaired) electrons. The molecule has 1 aromatic carbocycles. The van der Waals surface area contributed by atoms with E-state index in [9.17, 15) is 8.42 Å². The predicted molar refractivity (Wildman–Crippen MR) is 82.5 cm³/mol. The quantitative estimate of drug-likeness (QED) is 0.785. The van der Waals surface area contributed by atoms with E-state index < -0.39 is 9.84 Å². The third kappa shape index (κ3) is 4.02. The van der Waals surface area contributed by atoms with Gasteiger partial charge in [0.2, 0.25) is 19.3 Å². The van der Waals surface area contributed by atoms with Crippen LogP contribution in [0.1, 0.15) is 5.56 Å². The van der Waals surface area contributed by atoms with Crippen LogP contribution in [0.2, 0.25) is 0 Å². The van der Waals surface area contributed by atoms with Crippen molar-refractivity contribution >= 4 is 26.3 Å². The van der Waals surface area contributed by atoms with E-state index in [-0.39, 0.29) is 10.1 Å². The fourth-order valence-electron chi connectivity index (χ4n) is 1.61. The summed E-state index contributed by atoms with van der Waals surface area (Å²) in [5.41, 5.74) is 0.644. The number of anilines is 1. The van der Waals surface area contributed by atoms with Crippen molar-refractivity contribution in [1.29, 1.82) is 0 Å². The fraction of sp³-hybridized carbons (Fsp3) is 0.231. The highest BCUT2D eigenvalue weighted by molar-refractivity contribution is 7.92. The smallest absolute Gasteiger partial charge is 0.234 e. The van der Waals surface area contributed by atoms with E-state index in [1.54, 1.807) is 30.3 Å². The molecular weight excluding hydrogens is 310 g/mol. The lowest BCUT2D eigenvalue weighted by atomic mass is 10.2. The summed E-state index contributed by atoms with van der Waals surface area (Å²) in [6.45, 7) is 4.07. The summed E-state index contributed by atoms with van der Waals surface area (Å²) in [6.07, 6.45) is 1.66. The Bertz CT molecular complexity index is 726. The van der Waals surface area contributed by atoms with Gasteiger partial charge in [-0.1, -0.05) is 29.5 Å². The first-order chi connectivity index (χ1) is 10.0. The standard InChI is InChI=1S/C13H15N3O3S2/c1-3-7-14-12-15-16-13(20-12)21(17,18)9-10-5-4-6-11(8-10)19-2/h3-6,8H,1,7,9H2,2H3,(H,14,15). The van der Waals surface area contributed by atoms with Gasteiger partial charge in [0.05, 0.1) is 12.9 Å². The summed E-state index contributed by atoms with van der Waals surface area (Å²) >= 11 is 1.01. The Morgan fingerprint density at radius 1 is 1.43 bits per heavy atom. The number of benzene rings is 1. The Morgan fingerprint density at radius 3 is 2.95 bits per heavy atom. The van der Waals surface area contributed by atoms with Crippen molar-refractivity contribution in [3.63, 3.8) is 0 Å². The van der Waals surface area contributed by atoms with Gasteiger partial charge in [-0.05, 0) is 17.7 Å². The van der Waals surface area contributed by atoms with Crippen LogP contribution in [-0.2, 0) is 15.6 Å². The summed E-state index contributed by atoms with van der Waals surface area (Å²) < 4.78 is 29.7. The number of hydrogen-bond donors (Lipinski definition) is 1. The van der Waals surface area contributed by atoms with Crippen molar-refractivity contribution in [3.05, 3.63) is 42.5 Å². The zero-order valence-electron chi connectivity index (χ0n) is 11.4. The number of nitrogens with one attached hydrogen (secondary N) is 1. The number of aromatic nitrogens is 2. The molecule has 2 aromatic rings. The number of nitrogens with zero attached hydrogens (tertiary/aromatic N) is 2. The van der Waals surface area contributed by atoms with Crippen molar-refractivity contribution in [2.45, 2.75) is 10.1 Å². The minimum absolute atomic E-state index is 0.00289. The molecule has 0 atom stereocenters. The molecule has 0 saturated carbocycles. The molecule has 1 N–H and O–H groups in total. The Balaban J connectivity index is 2.17. The second-order valence-electron chi connectivity index (χ2n) is 4.15. The topological polar surface area (TPSA) is 81.2 Å². The minimum Gasteiger partial charge on any atom is -0.497 e. The van der Waals surface area contributed by atoms with Crippen molar-refractivity contribution in [2.24, 2.45) is 0 Å². The first-order valence-corrected chi connectivity index (χ1v) is 8.56. The maximum Gasteiger partial charge on any atom is 0.234 e. The van der Waals surface area contributed by atoms with Crippen molar-refractivity contribution in [1.82, 2.24) is 10.2 Å². The summed E-state index contributed by atoms with van der Waals surface area (Å²) in [5.74, 6) is 0.480. The van der Waals surface area contributed by atoms with E-state index in [0.29, 0.717) is 23.0 Å². The molecule has 21 heavy (non-hydrogen) atoms. The highest BCUT2D eigenvalue weighted by Gasteiger charge is 2.21. The van der Waals surface area contributed by atoms with Gasteiger partial charge in [-0.2, -0.15) is 0 Å². The molecule has 0 aliphatic heterocycles. The summed E-state index contributed by atoms with van der Waals surface area (Å²) in [5, 5.41) is 10.9. The van der Waals surface area contributed by atoms with E-state index in [4.69, 9.17) is 4.74 Å². The average molecular weight is 325 g/mol. The second-order valence-corrected chi connectivity index (χ2v) is 7.29. The van der Waals surface area contributed by atoms with Gasteiger partial charge < -0.3 is 10.1 Å². The van der Waals surface area contributed by atoms with Crippen LogP contribution in [0, 0.1) is 0 Å². The average Bonchev–Trinajstić information content (AvgIpc) is 2.94. The van der Waals surface area contributed by atoms with E-state index >= 15 is 0 Å². The Morgan fingerprint density at radius 2 is 2.24 bits per heavy atom. The van der Waals surface area contributed by atoms with E-state index in [1.165, 1.54) is 7.11 Å². The lowest BCUT2D eigenvalue weighted by Gasteiger charge is -2.03. The van der Waals surface area contributed by atoms with Crippen LogP contribution >= 0.6 is 11.3 Å². The van der Waals surface area contributed by atoms with Gasteiger partial charge in [-0.15, -0.1) is 16.8 Å². The molecule has 0 bridgehead atoms. The molecule has 0 spiro atoms. The number of rotatable bonds is 7. The van der Waals surface area contributed by atoms with Gasteiger partial charge in [0.25, 0.3) is 0 Å². The summed E-state index contributed by atoms with van der Waals surface area (Å²) in [4.78, 5) is 0. The first-order valence-electron chi connectivity index (χ1n) is 6.09. The Hall–Kier alpha value is -1.93. The predicted octanol–water partition coefficient (Wildman–Crippen LogP) is 2.12. The van der Waals surface area contributed by atoms with Crippen LogP contribution in [0.15, 0.2) is 41.3 Å². The molecule has 8 heteroatoms. The Kier molecular flexibility index (Phi) is 4.92. The molecule has 0 aliphatic rings. The molecular formula is C13H15N3O3S2. The number of hydrogen-bond acceptors (Lipinski definition) is 7. The fourth-order valence-corrected chi connectivity index (χ4v) is 3.92. The van der Waals surface area contributed by atoms with Crippen LogP contribution in [0.25, 0.3) is 0 Å². The Labute approximate surface area is 127 Å². The summed E-state index contributed by atoms with van der Waals surface area (Å²) in [6, 6.07) is 6.94. The third-order valence-corrected chi connectivity index (χ3v) is 5.58. The van der Waals surface area contributed by atoms with E-state index in [0.717, 1.165) is 11.3 Å². The SMILES string of the molecule is C=CCNc1nnc(S(=O)(=O)Cc2cccc(OC)c2)s1. The zero-order valence-corrected chi connectivity index (χ0v) is 13.1. The molecule has 0 fully saturated rings. The van der Waals surface area contributed by atoms with E-state index in [1.807, 2.05) is 0 Å². The minimum atomic E-state index is -3.52. The first kappa shape index (κ1) is 15.5. The van der Waals surface area contributed by atoms with Crippen molar-refractivity contribution < 1.29 is 13.2 Å². The number of ether oxygens (including phenoxy) is 1. The second kappa shape index (κ2) is 6.68. The van der Waals surface area contributed by atoms with Crippen LogP contribution in [0.5, 0.6) is 5.75 Å². The molecule has 6 nitrogen and oxygen atoms in total. The van der Waals surface area contributed by atoms with Crippen LogP contribution in [-0.4, -0.2) is 32.3 Å². The van der Waals surface area contributed by atoms with Gasteiger partial charge in [0.1, 0.15) is 5.75 Å². The van der Waals surface area contributed by atoms with Gasteiger partial charge in [-0.3, -0.25) is 0 Å². The number of sulfone groups is 1. The van der Waals surface area contributed by atoms with Crippen LogP contribution in [0.3, 0.4) is 0 Å². The number of methoxy groups -OCH3 is 1. The monoisotopic (exact) mass is 325 g/mol. The largest absolute Gasteiger partial charge is 0.497 e. The molecule has 0 amide bonds. The normalized spacial score (nSPS) is 11.1. The third-order valence-electron chi connectivity index (χ3n) is 2.56. The van der Waals surface area contributed by atoms with Crippen LogP contribution in [0.4, 0.5) is 5.13 Å². The zero-order chi connectivity index (χ0) is 15.3. The van der Waals surface area contributed by atoms with Crippen molar-refractivity contribution in [2.75, 3.05) is 19.0 Å². The van der Waals surface area contributed by atoms with Crippen LogP contribution < -0.4 is 10.1 Å². The van der Waals surface area contributed by atoms with Gasteiger partial charge >= 0.3 is 0 Å². The maximum absolute atomic E-state index is 12.3. The molecule has 0 aliphatic carbocycles. The van der Waals surface area contributed by atoms with Crippen molar-refractivity contribution in [3.8, 4) is 5.75 Å². The summed E-state index contributed by atoms with van der Waals surface area (Å²) in [7, 11) is -1.98. The molecule has 2 rings (SSSR count). The van der Waals surface area contributed by atoms with Gasteiger partial charge in [-0.25, -0.2) is 8.42 Å². The maximum atomic E-state index is 12.3. The molecule has 112 valence electrons. The highest BCUT2D eigenvalue weighted by Crippen LogP contribution is 2.24. The molecule has 0 unspecified atom stereocenters. The molecule has 1 heterocycles.